The lowest BCUT2D eigenvalue weighted by Gasteiger charge is -2.13. The van der Waals surface area contributed by atoms with Crippen molar-refractivity contribution in [1.82, 2.24) is 5.43 Å². The molecule has 0 fully saturated rings. The fourth-order valence-corrected chi connectivity index (χ4v) is 3.07. The maximum atomic E-state index is 12.3. The Morgan fingerprint density at radius 1 is 1.03 bits per heavy atom. The van der Waals surface area contributed by atoms with Crippen LogP contribution in [0.3, 0.4) is 0 Å². The third-order valence-corrected chi connectivity index (χ3v) is 5.15. The van der Waals surface area contributed by atoms with Gasteiger partial charge in [-0.05, 0) is 72.5 Å². The number of methoxy groups -OCH3 is 1. The molecule has 0 aliphatic heterocycles. The number of rotatable bonds is 10. The molecule has 0 saturated carbocycles. The summed E-state index contributed by atoms with van der Waals surface area (Å²) in [5, 5.41) is 4.70. The van der Waals surface area contributed by atoms with Gasteiger partial charge in [0.05, 0.1) is 13.3 Å². The van der Waals surface area contributed by atoms with Gasteiger partial charge in [-0.25, -0.2) is 5.43 Å². The van der Waals surface area contributed by atoms with Crippen molar-refractivity contribution in [2.24, 2.45) is 5.10 Å². The summed E-state index contributed by atoms with van der Waals surface area (Å²) in [6, 6.07) is 20.5. The van der Waals surface area contributed by atoms with Crippen molar-refractivity contribution < 1.29 is 19.0 Å². The van der Waals surface area contributed by atoms with Crippen LogP contribution in [0.15, 0.2) is 71.8 Å². The standard InChI is InChI=1S/C26H27ClN2O4/c1-4-19-7-12-23(13-8-19)33-18(2)26(30)29-28-16-21-9-14-24(25(15-21)31-3)32-17-20-5-10-22(27)11-6-20/h5-16,18H,4,17H2,1-3H3,(H,29,30). The summed E-state index contributed by atoms with van der Waals surface area (Å²) < 4.78 is 17.0. The van der Waals surface area contributed by atoms with Crippen LogP contribution in [0.1, 0.15) is 30.5 Å². The highest BCUT2D eigenvalue weighted by Gasteiger charge is 2.14. The summed E-state index contributed by atoms with van der Waals surface area (Å²) in [5.74, 6) is 1.45. The van der Waals surface area contributed by atoms with E-state index < -0.39 is 6.10 Å². The number of benzene rings is 3. The molecule has 0 aliphatic carbocycles. The number of carbonyl (C=O) groups excluding carboxylic acids is 1. The first-order chi connectivity index (χ1) is 16.0. The minimum atomic E-state index is -0.687. The van der Waals surface area contributed by atoms with E-state index in [1.54, 1.807) is 26.2 Å². The highest BCUT2D eigenvalue weighted by molar-refractivity contribution is 6.30. The fourth-order valence-electron chi connectivity index (χ4n) is 2.95. The molecule has 6 nitrogen and oxygen atoms in total. The smallest absolute Gasteiger partial charge is 0.280 e. The number of nitrogens with zero attached hydrogens (tertiary/aromatic N) is 1. The van der Waals surface area contributed by atoms with Crippen molar-refractivity contribution in [2.75, 3.05) is 7.11 Å². The van der Waals surface area contributed by atoms with Crippen LogP contribution < -0.4 is 19.6 Å². The first-order valence-electron chi connectivity index (χ1n) is 10.6. The predicted molar refractivity (Wildman–Crippen MR) is 130 cm³/mol. The van der Waals surface area contributed by atoms with Crippen molar-refractivity contribution in [3.05, 3.63) is 88.4 Å². The third-order valence-electron chi connectivity index (χ3n) is 4.90. The summed E-state index contributed by atoms with van der Waals surface area (Å²) in [6.45, 7) is 4.14. The number of aryl methyl sites for hydroxylation is 1. The van der Waals surface area contributed by atoms with E-state index in [9.17, 15) is 4.79 Å². The summed E-state index contributed by atoms with van der Waals surface area (Å²) in [4.78, 5) is 12.3. The Labute approximate surface area is 199 Å². The minimum Gasteiger partial charge on any atom is -0.493 e. The highest BCUT2D eigenvalue weighted by atomic mass is 35.5. The summed E-state index contributed by atoms with van der Waals surface area (Å²) >= 11 is 5.91. The van der Waals surface area contributed by atoms with E-state index in [1.165, 1.54) is 11.8 Å². The summed E-state index contributed by atoms with van der Waals surface area (Å²) in [7, 11) is 1.57. The number of hydrazone groups is 1. The number of hydrogen-bond donors (Lipinski definition) is 1. The molecule has 0 radical (unpaired) electrons. The molecule has 0 bridgehead atoms. The zero-order chi connectivity index (χ0) is 23.6. The Balaban J connectivity index is 1.54. The van der Waals surface area contributed by atoms with Crippen LogP contribution in [0.25, 0.3) is 0 Å². The Morgan fingerprint density at radius 3 is 2.39 bits per heavy atom. The van der Waals surface area contributed by atoms with Crippen LogP contribution in [0, 0.1) is 0 Å². The largest absolute Gasteiger partial charge is 0.493 e. The number of amides is 1. The van der Waals surface area contributed by atoms with Gasteiger partial charge in [-0.1, -0.05) is 42.8 Å². The van der Waals surface area contributed by atoms with Gasteiger partial charge in [0, 0.05) is 5.02 Å². The summed E-state index contributed by atoms with van der Waals surface area (Å²) in [5.41, 5.74) is 5.45. The number of hydrogen-bond acceptors (Lipinski definition) is 5. The average Bonchev–Trinajstić information content (AvgIpc) is 2.84. The molecule has 0 aromatic heterocycles. The van der Waals surface area contributed by atoms with Crippen molar-refractivity contribution >= 4 is 23.7 Å². The molecule has 1 N–H and O–H groups in total. The number of halogens is 1. The molecule has 0 heterocycles. The minimum absolute atomic E-state index is 0.347. The van der Waals surface area contributed by atoms with Crippen molar-refractivity contribution in [2.45, 2.75) is 33.0 Å². The van der Waals surface area contributed by atoms with Crippen LogP contribution in [-0.2, 0) is 17.8 Å². The molecule has 3 aromatic carbocycles. The lowest BCUT2D eigenvalue weighted by atomic mass is 10.2. The molecule has 3 aromatic rings. The topological polar surface area (TPSA) is 69.2 Å². The maximum Gasteiger partial charge on any atom is 0.280 e. The molecule has 0 spiro atoms. The molecule has 0 aliphatic rings. The van der Waals surface area contributed by atoms with Crippen molar-refractivity contribution in [3.8, 4) is 17.2 Å². The van der Waals surface area contributed by atoms with Crippen molar-refractivity contribution in [3.63, 3.8) is 0 Å². The van der Waals surface area contributed by atoms with Gasteiger partial charge in [-0.3, -0.25) is 4.79 Å². The molecule has 1 unspecified atom stereocenters. The van der Waals surface area contributed by atoms with Gasteiger partial charge in [-0.2, -0.15) is 5.10 Å². The van der Waals surface area contributed by atoms with Gasteiger partial charge in [0.2, 0.25) is 0 Å². The fraction of sp³-hybridized carbons (Fsp3) is 0.231. The van der Waals surface area contributed by atoms with Gasteiger partial charge in [0.1, 0.15) is 12.4 Å². The zero-order valence-electron chi connectivity index (χ0n) is 18.9. The van der Waals surface area contributed by atoms with Gasteiger partial charge in [-0.15, -0.1) is 0 Å². The zero-order valence-corrected chi connectivity index (χ0v) is 19.6. The normalized spacial score (nSPS) is 11.8. The SMILES string of the molecule is CCc1ccc(OC(C)C(=O)NN=Cc2ccc(OCc3ccc(Cl)cc3)c(OC)c2)cc1. The second kappa shape index (κ2) is 11.9. The Bertz CT molecular complexity index is 1080. The number of carbonyl (C=O) groups is 1. The lowest BCUT2D eigenvalue weighted by Crippen LogP contribution is -2.33. The molecule has 172 valence electrons. The van der Waals surface area contributed by atoms with E-state index in [4.69, 9.17) is 25.8 Å². The van der Waals surface area contributed by atoms with E-state index >= 15 is 0 Å². The molecule has 33 heavy (non-hydrogen) atoms. The first kappa shape index (κ1) is 24.1. The molecular weight excluding hydrogens is 440 g/mol. The van der Waals surface area contributed by atoms with E-state index in [0.29, 0.717) is 28.9 Å². The van der Waals surface area contributed by atoms with Crippen LogP contribution in [0.2, 0.25) is 5.02 Å². The molecule has 7 heteroatoms. The molecular formula is C26H27ClN2O4. The second-order valence-corrected chi connectivity index (χ2v) is 7.75. The van der Waals surface area contributed by atoms with Gasteiger partial charge in [0.25, 0.3) is 5.91 Å². The molecule has 3 rings (SSSR count). The lowest BCUT2D eigenvalue weighted by molar-refractivity contribution is -0.127. The Kier molecular flexibility index (Phi) is 8.72. The number of ether oxygens (including phenoxy) is 3. The average molecular weight is 467 g/mol. The van der Waals surface area contributed by atoms with Crippen LogP contribution in [0.5, 0.6) is 17.2 Å². The van der Waals surface area contributed by atoms with E-state index in [-0.39, 0.29) is 5.91 Å². The molecule has 1 atom stereocenters. The summed E-state index contributed by atoms with van der Waals surface area (Å²) in [6.07, 6.45) is 1.80. The Hall–Kier alpha value is -3.51. The van der Waals surface area contributed by atoms with E-state index in [2.05, 4.69) is 17.5 Å². The molecule has 1 amide bonds. The van der Waals surface area contributed by atoms with E-state index in [0.717, 1.165) is 17.5 Å². The second-order valence-electron chi connectivity index (χ2n) is 7.32. The van der Waals surface area contributed by atoms with E-state index in [1.807, 2.05) is 54.6 Å². The van der Waals surface area contributed by atoms with Gasteiger partial charge in [0.15, 0.2) is 17.6 Å². The predicted octanol–water partition coefficient (Wildman–Crippen LogP) is 5.41. The third kappa shape index (κ3) is 7.26. The number of nitrogens with one attached hydrogen (secondary N) is 1. The quantitative estimate of drug-likeness (QED) is 0.320. The van der Waals surface area contributed by atoms with Crippen LogP contribution >= 0.6 is 11.6 Å². The van der Waals surface area contributed by atoms with Gasteiger partial charge >= 0.3 is 0 Å². The van der Waals surface area contributed by atoms with Crippen LogP contribution in [0.4, 0.5) is 0 Å². The van der Waals surface area contributed by atoms with Gasteiger partial charge < -0.3 is 14.2 Å². The van der Waals surface area contributed by atoms with Crippen LogP contribution in [-0.4, -0.2) is 25.3 Å². The van der Waals surface area contributed by atoms with Crippen molar-refractivity contribution in [1.29, 1.82) is 0 Å². The maximum absolute atomic E-state index is 12.3. The Morgan fingerprint density at radius 2 is 1.73 bits per heavy atom. The monoisotopic (exact) mass is 466 g/mol. The first-order valence-corrected chi connectivity index (χ1v) is 11.0. The highest BCUT2D eigenvalue weighted by Crippen LogP contribution is 2.28. The molecule has 0 saturated heterocycles.